The Balaban J connectivity index is 1.65. The van der Waals surface area contributed by atoms with Crippen molar-refractivity contribution in [3.8, 4) is 0 Å². The summed E-state index contributed by atoms with van der Waals surface area (Å²) in [4.78, 5) is 0. The van der Waals surface area contributed by atoms with Gasteiger partial charge < -0.3 is 10.6 Å². The molecule has 0 atom stereocenters. The van der Waals surface area contributed by atoms with E-state index >= 15 is 0 Å². The maximum Gasteiger partial charge on any atom is 0.0378 e. The minimum atomic E-state index is 0.262. The van der Waals surface area contributed by atoms with Gasteiger partial charge in [0, 0.05) is 24.5 Å². The quantitative estimate of drug-likeness (QED) is 0.761. The van der Waals surface area contributed by atoms with Crippen molar-refractivity contribution in [3.05, 3.63) is 58.7 Å². The molecule has 4 rings (SSSR count). The molecule has 0 amide bonds. The Morgan fingerprint density at radius 1 is 0.720 bits per heavy atom. The van der Waals surface area contributed by atoms with Crippen molar-refractivity contribution in [1.82, 2.24) is 0 Å². The van der Waals surface area contributed by atoms with E-state index in [1.807, 2.05) is 0 Å². The third-order valence-electron chi connectivity index (χ3n) is 6.17. The van der Waals surface area contributed by atoms with Crippen LogP contribution in [0.4, 0.5) is 11.4 Å². The summed E-state index contributed by atoms with van der Waals surface area (Å²) >= 11 is 0. The molecule has 0 aromatic heterocycles. The maximum atomic E-state index is 3.55. The SMILES string of the molecule is CC1(C)CCNc2ccc(Cc3ccc4c(c3)C(C)(C)CCN4)cc21. The monoisotopic (exact) mass is 334 g/mol. The fraction of sp³-hybridized carbons (Fsp3) is 0.478. The van der Waals surface area contributed by atoms with Crippen LogP contribution in [0, 0.1) is 0 Å². The lowest BCUT2D eigenvalue weighted by Crippen LogP contribution is -2.28. The third-order valence-corrected chi connectivity index (χ3v) is 6.17. The van der Waals surface area contributed by atoms with E-state index in [4.69, 9.17) is 0 Å². The van der Waals surface area contributed by atoms with Crippen LogP contribution in [0.3, 0.4) is 0 Å². The highest BCUT2D eigenvalue weighted by molar-refractivity contribution is 5.60. The second-order valence-electron chi connectivity index (χ2n) is 9.06. The number of fused-ring (bicyclic) bond motifs is 2. The molecule has 0 aliphatic carbocycles. The Kier molecular flexibility index (Phi) is 3.82. The van der Waals surface area contributed by atoms with Crippen molar-refractivity contribution >= 4 is 11.4 Å². The van der Waals surface area contributed by atoms with Crippen LogP contribution >= 0.6 is 0 Å². The Morgan fingerprint density at radius 2 is 1.16 bits per heavy atom. The molecule has 0 radical (unpaired) electrons. The minimum Gasteiger partial charge on any atom is -0.385 e. The summed E-state index contributed by atoms with van der Waals surface area (Å²) in [6, 6.07) is 14.0. The number of hydrogen-bond donors (Lipinski definition) is 2. The molecule has 25 heavy (non-hydrogen) atoms. The fourth-order valence-corrected chi connectivity index (χ4v) is 4.36. The van der Waals surface area contributed by atoms with Gasteiger partial charge >= 0.3 is 0 Å². The lowest BCUT2D eigenvalue weighted by Gasteiger charge is -2.34. The first-order valence-electron chi connectivity index (χ1n) is 9.60. The van der Waals surface area contributed by atoms with Crippen LogP contribution in [0.5, 0.6) is 0 Å². The lowest BCUT2D eigenvalue weighted by atomic mass is 9.76. The molecule has 0 spiro atoms. The highest BCUT2D eigenvalue weighted by Crippen LogP contribution is 2.39. The molecule has 132 valence electrons. The van der Waals surface area contributed by atoms with Gasteiger partial charge in [0.25, 0.3) is 0 Å². The Labute approximate surface area is 152 Å². The largest absolute Gasteiger partial charge is 0.385 e. The van der Waals surface area contributed by atoms with Gasteiger partial charge in [0.2, 0.25) is 0 Å². The third kappa shape index (κ3) is 3.03. The van der Waals surface area contributed by atoms with Gasteiger partial charge in [-0.05, 0) is 64.5 Å². The molecule has 2 aliphatic heterocycles. The van der Waals surface area contributed by atoms with Gasteiger partial charge in [-0.2, -0.15) is 0 Å². The molecule has 2 heteroatoms. The van der Waals surface area contributed by atoms with Crippen molar-refractivity contribution < 1.29 is 0 Å². The smallest absolute Gasteiger partial charge is 0.0378 e. The highest BCUT2D eigenvalue weighted by Gasteiger charge is 2.28. The molecule has 2 aromatic rings. The number of nitrogens with one attached hydrogen (secondary N) is 2. The topological polar surface area (TPSA) is 24.1 Å². The highest BCUT2D eigenvalue weighted by atomic mass is 14.9. The number of benzene rings is 2. The van der Waals surface area contributed by atoms with E-state index < -0.39 is 0 Å². The zero-order valence-electron chi connectivity index (χ0n) is 16.0. The zero-order chi connectivity index (χ0) is 17.7. The van der Waals surface area contributed by atoms with Gasteiger partial charge in [0.15, 0.2) is 0 Å². The van der Waals surface area contributed by atoms with E-state index in [-0.39, 0.29) is 10.8 Å². The van der Waals surface area contributed by atoms with Crippen molar-refractivity contribution in [2.45, 2.75) is 57.8 Å². The second kappa shape index (κ2) is 5.79. The predicted molar refractivity (Wildman–Crippen MR) is 108 cm³/mol. The number of hydrogen-bond acceptors (Lipinski definition) is 2. The van der Waals surface area contributed by atoms with Crippen molar-refractivity contribution in [1.29, 1.82) is 0 Å². The Bertz CT molecular complexity index is 734. The van der Waals surface area contributed by atoms with E-state index in [0.29, 0.717) is 0 Å². The van der Waals surface area contributed by atoms with Crippen LogP contribution in [0.25, 0.3) is 0 Å². The number of anilines is 2. The van der Waals surface area contributed by atoms with E-state index in [0.717, 1.165) is 19.5 Å². The zero-order valence-corrected chi connectivity index (χ0v) is 16.0. The molecule has 2 nitrogen and oxygen atoms in total. The van der Waals surface area contributed by atoms with Crippen molar-refractivity contribution in [2.24, 2.45) is 0 Å². The van der Waals surface area contributed by atoms with Gasteiger partial charge in [-0.15, -0.1) is 0 Å². The minimum absolute atomic E-state index is 0.262. The van der Waals surface area contributed by atoms with E-state index in [9.17, 15) is 0 Å². The van der Waals surface area contributed by atoms with Gasteiger partial charge in [0.1, 0.15) is 0 Å². The molecular formula is C23H30N2. The van der Waals surface area contributed by atoms with Gasteiger partial charge in [0.05, 0.1) is 0 Å². The molecule has 2 aromatic carbocycles. The average Bonchev–Trinajstić information content (AvgIpc) is 2.56. The van der Waals surface area contributed by atoms with Crippen LogP contribution in [-0.2, 0) is 17.3 Å². The van der Waals surface area contributed by atoms with E-state index in [1.54, 1.807) is 0 Å². The lowest BCUT2D eigenvalue weighted by molar-refractivity contribution is 0.481. The molecule has 0 saturated carbocycles. The van der Waals surface area contributed by atoms with E-state index in [1.165, 1.54) is 46.5 Å². The van der Waals surface area contributed by atoms with Crippen LogP contribution < -0.4 is 10.6 Å². The van der Waals surface area contributed by atoms with Crippen molar-refractivity contribution in [2.75, 3.05) is 23.7 Å². The van der Waals surface area contributed by atoms with Crippen molar-refractivity contribution in [3.63, 3.8) is 0 Å². The standard InChI is InChI=1S/C23H30N2/c1-22(2)9-11-24-20-7-5-16(14-18(20)22)13-17-6-8-21-19(15-17)23(3,4)10-12-25-21/h5-8,14-15,24-25H,9-13H2,1-4H3. The molecule has 0 fully saturated rings. The van der Waals surface area contributed by atoms with Gasteiger partial charge in [-0.25, -0.2) is 0 Å². The first-order chi connectivity index (χ1) is 11.9. The molecule has 0 unspecified atom stereocenters. The maximum absolute atomic E-state index is 3.55. The summed E-state index contributed by atoms with van der Waals surface area (Å²) in [5, 5.41) is 7.11. The predicted octanol–water partition coefficient (Wildman–Crippen LogP) is 5.46. The Hall–Kier alpha value is -1.96. The molecule has 2 heterocycles. The Morgan fingerprint density at radius 3 is 1.60 bits per heavy atom. The summed E-state index contributed by atoms with van der Waals surface area (Å²) in [5.74, 6) is 0. The average molecular weight is 335 g/mol. The summed E-state index contributed by atoms with van der Waals surface area (Å²) in [7, 11) is 0. The summed E-state index contributed by atoms with van der Waals surface area (Å²) in [5.41, 5.74) is 8.92. The molecular weight excluding hydrogens is 304 g/mol. The van der Waals surface area contributed by atoms with Gasteiger partial charge in [-0.3, -0.25) is 0 Å². The first kappa shape index (κ1) is 16.5. The first-order valence-corrected chi connectivity index (χ1v) is 9.60. The van der Waals surface area contributed by atoms with Crippen LogP contribution in [-0.4, -0.2) is 13.1 Å². The molecule has 0 saturated heterocycles. The van der Waals surface area contributed by atoms with Crippen LogP contribution in [0.1, 0.15) is 62.8 Å². The van der Waals surface area contributed by atoms with Crippen LogP contribution in [0.15, 0.2) is 36.4 Å². The molecule has 2 N–H and O–H groups in total. The molecule has 2 aliphatic rings. The molecule has 0 bridgehead atoms. The fourth-order valence-electron chi connectivity index (χ4n) is 4.36. The van der Waals surface area contributed by atoms with Gasteiger partial charge in [-0.1, -0.05) is 52.0 Å². The normalized spacial score (nSPS) is 20.0. The summed E-state index contributed by atoms with van der Waals surface area (Å²) in [6.07, 6.45) is 3.40. The summed E-state index contributed by atoms with van der Waals surface area (Å²) < 4.78 is 0. The van der Waals surface area contributed by atoms with Crippen LogP contribution in [0.2, 0.25) is 0 Å². The summed E-state index contributed by atoms with van der Waals surface area (Å²) in [6.45, 7) is 11.6. The number of rotatable bonds is 2. The second-order valence-corrected chi connectivity index (χ2v) is 9.06. The van der Waals surface area contributed by atoms with E-state index in [2.05, 4.69) is 74.7 Å².